The summed E-state index contributed by atoms with van der Waals surface area (Å²) in [5.41, 5.74) is 2.90. The van der Waals surface area contributed by atoms with Gasteiger partial charge in [-0.15, -0.1) is 0 Å². The normalized spacial score (nSPS) is 12.7. The fraction of sp³-hybridized carbons (Fsp3) is 0.310. The van der Waals surface area contributed by atoms with E-state index in [0.29, 0.717) is 12.1 Å². The number of carbonyl (C=O) groups excluding carboxylic acids is 1. The standard InChI is InChI=1S/C25H28N6O3.2C2H2O4/c1-33-19-5-7-23-20(17-19)24(29-34-23)31-14-12-30(13-15-31)11-3-2-8-28-25(32)18-4-6-21-22(16-18)27-10-9-26-21;2*3-1(4)2(5)6/h4-7,9-10,16-17H,2-3,8,11-15H2,1H3,(H,28,32);2*(H,3,4)(H,5,6). The number of anilines is 1. The topological polar surface area (TPSA) is 246 Å². The van der Waals surface area contributed by atoms with E-state index in [4.69, 9.17) is 48.9 Å². The van der Waals surface area contributed by atoms with Gasteiger partial charge in [-0.1, -0.05) is 5.16 Å². The van der Waals surface area contributed by atoms with Crippen molar-refractivity contribution in [1.29, 1.82) is 0 Å². The Bertz CT molecular complexity index is 1640. The van der Waals surface area contributed by atoms with Crippen LogP contribution in [0.3, 0.4) is 0 Å². The van der Waals surface area contributed by atoms with Gasteiger partial charge < -0.3 is 39.9 Å². The fourth-order valence-electron chi connectivity index (χ4n) is 4.31. The Morgan fingerprint density at radius 1 is 0.826 bits per heavy atom. The van der Waals surface area contributed by atoms with Crippen LogP contribution in [0.1, 0.15) is 23.2 Å². The molecule has 0 atom stereocenters. The van der Waals surface area contributed by atoms with Gasteiger partial charge in [0, 0.05) is 50.7 Å². The number of hydrogen-bond donors (Lipinski definition) is 5. The number of nitrogens with zero attached hydrogens (tertiary/aromatic N) is 5. The van der Waals surface area contributed by atoms with Crippen molar-refractivity contribution in [2.75, 3.05) is 51.3 Å². The average Bonchev–Trinajstić information content (AvgIpc) is 3.48. The maximum absolute atomic E-state index is 12.4. The van der Waals surface area contributed by atoms with E-state index in [0.717, 1.165) is 79.1 Å². The second kappa shape index (κ2) is 16.9. The van der Waals surface area contributed by atoms with Crippen LogP contribution < -0.4 is 15.0 Å². The zero-order valence-corrected chi connectivity index (χ0v) is 24.7. The lowest BCUT2D eigenvalue weighted by Gasteiger charge is -2.34. The summed E-state index contributed by atoms with van der Waals surface area (Å²) in [6, 6.07) is 11.2. The zero-order valence-electron chi connectivity index (χ0n) is 24.7. The highest BCUT2D eigenvalue weighted by atomic mass is 16.5. The van der Waals surface area contributed by atoms with E-state index in [9.17, 15) is 4.79 Å². The first-order valence-corrected chi connectivity index (χ1v) is 13.8. The molecule has 2 aromatic heterocycles. The SMILES string of the molecule is COc1ccc2onc(N3CCN(CCCCNC(=O)c4ccc5nccnc5c4)CC3)c2c1.O=C(O)C(=O)O.O=C(O)C(=O)O. The molecule has 0 aliphatic carbocycles. The monoisotopic (exact) mass is 640 g/mol. The third-order valence-corrected chi connectivity index (χ3v) is 6.61. The molecule has 5 N–H and O–H groups in total. The molecular weight excluding hydrogens is 608 g/mol. The molecule has 0 unspecified atom stereocenters. The Balaban J connectivity index is 0.000000410. The van der Waals surface area contributed by atoms with Crippen LogP contribution in [-0.2, 0) is 19.2 Å². The Morgan fingerprint density at radius 3 is 2.07 bits per heavy atom. The minimum atomic E-state index is -1.82. The van der Waals surface area contributed by atoms with Gasteiger partial charge in [0.2, 0.25) is 0 Å². The van der Waals surface area contributed by atoms with Crippen LogP contribution in [0.15, 0.2) is 53.3 Å². The average molecular weight is 641 g/mol. The Labute approximate surface area is 261 Å². The van der Waals surface area contributed by atoms with Crippen molar-refractivity contribution < 1.29 is 53.7 Å². The van der Waals surface area contributed by atoms with E-state index in [1.54, 1.807) is 31.6 Å². The van der Waals surface area contributed by atoms with Gasteiger partial charge in [0.1, 0.15) is 5.75 Å². The largest absolute Gasteiger partial charge is 0.497 e. The second-order valence-electron chi connectivity index (χ2n) is 9.64. The zero-order chi connectivity index (χ0) is 33.6. The summed E-state index contributed by atoms with van der Waals surface area (Å²) < 4.78 is 10.8. The number of ether oxygens (including phenoxy) is 1. The van der Waals surface area contributed by atoms with E-state index < -0.39 is 23.9 Å². The first-order valence-electron chi connectivity index (χ1n) is 13.8. The minimum absolute atomic E-state index is 0.0716. The summed E-state index contributed by atoms with van der Waals surface area (Å²) in [7, 11) is 1.66. The van der Waals surface area contributed by atoms with Crippen molar-refractivity contribution in [2.24, 2.45) is 0 Å². The Hall–Kier alpha value is -5.84. The molecule has 1 fully saturated rings. The molecule has 2 aromatic carbocycles. The molecule has 1 saturated heterocycles. The molecule has 0 spiro atoms. The quantitative estimate of drug-likeness (QED) is 0.135. The maximum Gasteiger partial charge on any atom is 0.414 e. The van der Waals surface area contributed by atoms with E-state index in [2.05, 4.69) is 30.2 Å². The molecule has 244 valence electrons. The highest BCUT2D eigenvalue weighted by Gasteiger charge is 2.22. The van der Waals surface area contributed by atoms with Crippen molar-refractivity contribution in [2.45, 2.75) is 12.8 Å². The van der Waals surface area contributed by atoms with Crippen LogP contribution in [-0.4, -0.2) is 117 Å². The molecule has 17 heteroatoms. The number of benzene rings is 2. The van der Waals surface area contributed by atoms with Gasteiger partial charge >= 0.3 is 23.9 Å². The summed E-state index contributed by atoms with van der Waals surface area (Å²) in [5.74, 6) is -5.68. The van der Waals surface area contributed by atoms with E-state index in [-0.39, 0.29) is 5.91 Å². The van der Waals surface area contributed by atoms with Crippen LogP contribution in [0.5, 0.6) is 5.75 Å². The molecule has 0 bridgehead atoms. The third kappa shape index (κ3) is 10.1. The molecule has 46 heavy (non-hydrogen) atoms. The first kappa shape index (κ1) is 34.6. The number of carbonyl (C=O) groups is 5. The fourth-order valence-corrected chi connectivity index (χ4v) is 4.31. The summed E-state index contributed by atoms with van der Waals surface area (Å²) >= 11 is 0. The number of unbranched alkanes of at least 4 members (excludes halogenated alkanes) is 1. The number of piperazine rings is 1. The van der Waals surface area contributed by atoms with E-state index in [1.807, 2.05) is 24.3 Å². The highest BCUT2D eigenvalue weighted by molar-refractivity contribution is 6.27. The second-order valence-corrected chi connectivity index (χ2v) is 9.64. The van der Waals surface area contributed by atoms with Crippen molar-refractivity contribution in [1.82, 2.24) is 25.3 Å². The summed E-state index contributed by atoms with van der Waals surface area (Å²) in [6.45, 7) is 5.43. The summed E-state index contributed by atoms with van der Waals surface area (Å²) in [5, 5.41) is 37.9. The number of methoxy groups -OCH3 is 1. The predicted molar refractivity (Wildman–Crippen MR) is 161 cm³/mol. The van der Waals surface area contributed by atoms with Crippen LogP contribution in [0, 0.1) is 0 Å². The number of carboxylic acid groups (broad SMARTS) is 4. The number of nitrogens with one attached hydrogen (secondary N) is 1. The molecule has 0 radical (unpaired) electrons. The maximum atomic E-state index is 12.4. The van der Waals surface area contributed by atoms with Gasteiger partial charge in [-0.05, 0) is 55.8 Å². The lowest BCUT2D eigenvalue weighted by atomic mass is 10.1. The molecule has 1 amide bonds. The lowest BCUT2D eigenvalue weighted by molar-refractivity contribution is -0.159. The van der Waals surface area contributed by atoms with Crippen LogP contribution in [0.25, 0.3) is 22.0 Å². The first-order chi connectivity index (χ1) is 22.0. The van der Waals surface area contributed by atoms with Gasteiger partial charge in [0.25, 0.3) is 5.91 Å². The molecule has 17 nitrogen and oxygen atoms in total. The van der Waals surface area contributed by atoms with Gasteiger partial charge in [0.05, 0.1) is 23.5 Å². The number of amides is 1. The number of rotatable bonds is 8. The molecule has 4 aromatic rings. The van der Waals surface area contributed by atoms with Crippen LogP contribution in [0.4, 0.5) is 5.82 Å². The van der Waals surface area contributed by atoms with Crippen molar-refractivity contribution in [3.05, 3.63) is 54.4 Å². The smallest absolute Gasteiger partial charge is 0.414 e. The summed E-state index contributed by atoms with van der Waals surface area (Å²) in [4.78, 5) is 62.1. The number of fused-ring (bicyclic) bond motifs is 2. The minimum Gasteiger partial charge on any atom is -0.497 e. The van der Waals surface area contributed by atoms with E-state index >= 15 is 0 Å². The number of carboxylic acids is 4. The molecule has 5 rings (SSSR count). The van der Waals surface area contributed by atoms with Gasteiger partial charge in [-0.2, -0.15) is 0 Å². The number of hydrogen-bond acceptors (Lipinski definition) is 12. The predicted octanol–water partition coefficient (Wildman–Crippen LogP) is 1.42. The van der Waals surface area contributed by atoms with E-state index in [1.165, 1.54) is 0 Å². The van der Waals surface area contributed by atoms with Gasteiger partial charge in [-0.25, -0.2) is 19.2 Å². The van der Waals surface area contributed by atoms with Crippen molar-refractivity contribution >= 4 is 57.6 Å². The lowest BCUT2D eigenvalue weighted by Crippen LogP contribution is -2.46. The molecular formula is C29H32N6O11. The van der Waals surface area contributed by atoms with Gasteiger partial charge in [0.15, 0.2) is 11.4 Å². The van der Waals surface area contributed by atoms with Gasteiger partial charge in [-0.3, -0.25) is 19.7 Å². The Morgan fingerprint density at radius 2 is 1.46 bits per heavy atom. The number of aliphatic carboxylic acids is 4. The molecule has 0 saturated carbocycles. The van der Waals surface area contributed by atoms with Crippen molar-refractivity contribution in [3.63, 3.8) is 0 Å². The Kier molecular flexibility index (Phi) is 12.7. The van der Waals surface area contributed by atoms with Crippen molar-refractivity contribution in [3.8, 4) is 5.75 Å². The molecule has 1 aliphatic heterocycles. The highest BCUT2D eigenvalue weighted by Crippen LogP contribution is 2.30. The van der Waals surface area contributed by atoms with Crippen LogP contribution in [0.2, 0.25) is 0 Å². The van der Waals surface area contributed by atoms with Crippen LogP contribution >= 0.6 is 0 Å². The molecule has 1 aliphatic rings. The summed E-state index contributed by atoms with van der Waals surface area (Å²) in [6.07, 6.45) is 5.26. The molecule has 3 heterocycles. The third-order valence-electron chi connectivity index (χ3n) is 6.61. The number of aromatic nitrogens is 3.